The second-order valence-corrected chi connectivity index (χ2v) is 6.59. The van der Waals surface area contributed by atoms with Crippen LogP contribution >= 0.6 is 11.8 Å². The Kier molecular flexibility index (Phi) is 7.02. The number of hydrogen-bond donors (Lipinski definition) is 1. The average molecular weight is 324 g/mol. The molecule has 0 aliphatic carbocycles. The minimum Gasteiger partial charge on any atom is -0.497 e. The van der Waals surface area contributed by atoms with E-state index in [1.807, 2.05) is 31.2 Å². The Bertz CT molecular complexity index is 461. The lowest BCUT2D eigenvalue weighted by atomic mass is 10.3. The fourth-order valence-corrected chi connectivity index (χ4v) is 3.11. The van der Waals surface area contributed by atoms with E-state index < -0.39 is 0 Å². The van der Waals surface area contributed by atoms with E-state index >= 15 is 0 Å². The van der Waals surface area contributed by atoms with E-state index in [-0.39, 0.29) is 11.2 Å². The van der Waals surface area contributed by atoms with Gasteiger partial charge in [0.15, 0.2) is 0 Å². The molecule has 0 aromatic heterocycles. The molecular formula is C16H24N2O3S. The van der Waals surface area contributed by atoms with Crippen molar-refractivity contribution >= 4 is 17.7 Å². The van der Waals surface area contributed by atoms with Gasteiger partial charge in [-0.2, -0.15) is 0 Å². The molecule has 22 heavy (non-hydrogen) atoms. The van der Waals surface area contributed by atoms with Crippen LogP contribution in [-0.4, -0.2) is 62.6 Å². The van der Waals surface area contributed by atoms with Gasteiger partial charge in [0.05, 0.1) is 25.6 Å². The van der Waals surface area contributed by atoms with Crippen LogP contribution in [0.25, 0.3) is 0 Å². The summed E-state index contributed by atoms with van der Waals surface area (Å²) in [6.45, 7) is 6.98. The Balaban J connectivity index is 1.69. The number of rotatable bonds is 7. The molecule has 5 nitrogen and oxygen atoms in total. The molecule has 1 amide bonds. The summed E-state index contributed by atoms with van der Waals surface area (Å²) in [4.78, 5) is 15.5. The Morgan fingerprint density at radius 2 is 2.05 bits per heavy atom. The van der Waals surface area contributed by atoms with Crippen molar-refractivity contribution in [3.8, 4) is 5.75 Å². The number of hydrogen-bond acceptors (Lipinski definition) is 5. The smallest absolute Gasteiger partial charge is 0.233 e. The normalized spacial score (nSPS) is 17.0. The zero-order valence-corrected chi connectivity index (χ0v) is 14.0. The fraction of sp³-hybridized carbons (Fsp3) is 0.562. The van der Waals surface area contributed by atoms with Crippen LogP contribution in [-0.2, 0) is 9.53 Å². The van der Waals surface area contributed by atoms with Crippen molar-refractivity contribution in [1.29, 1.82) is 0 Å². The molecule has 0 unspecified atom stereocenters. The van der Waals surface area contributed by atoms with E-state index in [1.54, 1.807) is 18.9 Å². The number of nitrogens with one attached hydrogen (secondary N) is 1. The number of methoxy groups -OCH3 is 1. The molecule has 1 atom stereocenters. The standard InChI is InChI=1S/C16H24N2O3S/c1-13(22-15-5-3-14(20-2)4-6-15)16(19)17-7-8-18-9-11-21-12-10-18/h3-6,13H,7-12H2,1-2H3,(H,17,19)/t13-/m1/s1. The van der Waals surface area contributed by atoms with Gasteiger partial charge in [-0.25, -0.2) is 0 Å². The second kappa shape index (κ2) is 9.02. The van der Waals surface area contributed by atoms with Gasteiger partial charge < -0.3 is 14.8 Å². The summed E-state index contributed by atoms with van der Waals surface area (Å²) in [5.41, 5.74) is 0. The van der Waals surface area contributed by atoms with E-state index in [4.69, 9.17) is 9.47 Å². The van der Waals surface area contributed by atoms with Crippen LogP contribution in [0.3, 0.4) is 0 Å². The molecule has 1 saturated heterocycles. The molecule has 1 aromatic carbocycles. The number of ether oxygens (including phenoxy) is 2. The van der Waals surface area contributed by atoms with Gasteiger partial charge in [0.25, 0.3) is 0 Å². The predicted molar refractivity (Wildman–Crippen MR) is 88.6 cm³/mol. The van der Waals surface area contributed by atoms with Crippen molar-refractivity contribution in [2.45, 2.75) is 17.1 Å². The minimum absolute atomic E-state index is 0.0778. The number of benzene rings is 1. The number of carbonyl (C=O) groups is 1. The van der Waals surface area contributed by atoms with Gasteiger partial charge in [-0.15, -0.1) is 11.8 Å². The fourth-order valence-electron chi connectivity index (χ4n) is 2.22. The predicted octanol–water partition coefficient (Wildman–Crippen LogP) is 1.62. The third-order valence-electron chi connectivity index (χ3n) is 3.57. The van der Waals surface area contributed by atoms with E-state index in [2.05, 4.69) is 10.2 Å². The van der Waals surface area contributed by atoms with Crippen LogP contribution in [0.5, 0.6) is 5.75 Å². The molecule has 122 valence electrons. The Morgan fingerprint density at radius 1 is 1.36 bits per heavy atom. The maximum atomic E-state index is 12.1. The highest BCUT2D eigenvalue weighted by Crippen LogP contribution is 2.25. The topological polar surface area (TPSA) is 50.8 Å². The highest BCUT2D eigenvalue weighted by molar-refractivity contribution is 8.00. The number of thioether (sulfide) groups is 1. The summed E-state index contributed by atoms with van der Waals surface area (Å²) in [6, 6.07) is 7.76. The van der Waals surface area contributed by atoms with E-state index in [1.165, 1.54) is 0 Å². The molecular weight excluding hydrogens is 300 g/mol. The molecule has 0 saturated carbocycles. The van der Waals surface area contributed by atoms with Crippen LogP contribution in [0.2, 0.25) is 0 Å². The summed E-state index contributed by atoms with van der Waals surface area (Å²) in [7, 11) is 1.65. The SMILES string of the molecule is COc1ccc(S[C@H](C)C(=O)NCCN2CCOCC2)cc1. The lowest BCUT2D eigenvalue weighted by Gasteiger charge is -2.26. The van der Waals surface area contributed by atoms with Crippen molar-refractivity contribution in [3.63, 3.8) is 0 Å². The van der Waals surface area contributed by atoms with E-state index in [0.29, 0.717) is 6.54 Å². The maximum absolute atomic E-state index is 12.1. The monoisotopic (exact) mass is 324 g/mol. The van der Waals surface area contributed by atoms with Crippen LogP contribution in [0.15, 0.2) is 29.2 Å². The first-order valence-corrected chi connectivity index (χ1v) is 8.45. The molecule has 1 N–H and O–H groups in total. The molecule has 1 aliphatic heterocycles. The van der Waals surface area contributed by atoms with Gasteiger partial charge in [-0.1, -0.05) is 0 Å². The third-order valence-corrected chi connectivity index (χ3v) is 4.68. The summed E-state index contributed by atoms with van der Waals surface area (Å²) in [5.74, 6) is 0.904. The summed E-state index contributed by atoms with van der Waals surface area (Å²) >= 11 is 1.56. The lowest BCUT2D eigenvalue weighted by Crippen LogP contribution is -2.42. The van der Waals surface area contributed by atoms with Gasteiger partial charge in [-0.3, -0.25) is 9.69 Å². The number of carbonyl (C=O) groups excluding carboxylic acids is 1. The Morgan fingerprint density at radius 3 is 2.68 bits per heavy atom. The largest absolute Gasteiger partial charge is 0.497 e. The lowest BCUT2D eigenvalue weighted by molar-refractivity contribution is -0.120. The van der Waals surface area contributed by atoms with Crippen molar-refractivity contribution < 1.29 is 14.3 Å². The summed E-state index contributed by atoms with van der Waals surface area (Å²) in [6.07, 6.45) is 0. The Labute approximate surface area is 136 Å². The van der Waals surface area contributed by atoms with Gasteiger partial charge in [0.1, 0.15) is 5.75 Å². The maximum Gasteiger partial charge on any atom is 0.233 e. The van der Waals surface area contributed by atoms with Gasteiger partial charge >= 0.3 is 0 Å². The molecule has 0 bridgehead atoms. The zero-order chi connectivity index (χ0) is 15.8. The number of amides is 1. The number of morpholine rings is 1. The first kappa shape index (κ1) is 17.1. The average Bonchev–Trinajstić information content (AvgIpc) is 2.56. The molecule has 1 heterocycles. The molecule has 2 rings (SSSR count). The molecule has 1 aliphatic rings. The van der Waals surface area contributed by atoms with Crippen LogP contribution in [0.1, 0.15) is 6.92 Å². The van der Waals surface area contributed by atoms with E-state index in [9.17, 15) is 4.79 Å². The Hall–Kier alpha value is -1.24. The molecule has 0 spiro atoms. The van der Waals surface area contributed by atoms with E-state index in [0.717, 1.165) is 43.5 Å². The third kappa shape index (κ3) is 5.51. The van der Waals surface area contributed by atoms with Crippen molar-refractivity contribution in [1.82, 2.24) is 10.2 Å². The summed E-state index contributed by atoms with van der Waals surface area (Å²) < 4.78 is 10.4. The highest BCUT2D eigenvalue weighted by Gasteiger charge is 2.15. The van der Waals surface area contributed by atoms with Crippen LogP contribution in [0.4, 0.5) is 0 Å². The van der Waals surface area contributed by atoms with Gasteiger partial charge in [0, 0.05) is 31.1 Å². The van der Waals surface area contributed by atoms with Crippen LogP contribution < -0.4 is 10.1 Å². The van der Waals surface area contributed by atoms with Crippen LogP contribution in [0, 0.1) is 0 Å². The van der Waals surface area contributed by atoms with Crippen molar-refractivity contribution in [2.24, 2.45) is 0 Å². The van der Waals surface area contributed by atoms with Crippen molar-refractivity contribution in [2.75, 3.05) is 46.5 Å². The molecule has 1 aromatic rings. The quantitative estimate of drug-likeness (QED) is 0.773. The first-order chi connectivity index (χ1) is 10.7. The van der Waals surface area contributed by atoms with Crippen molar-refractivity contribution in [3.05, 3.63) is 24.3 Å². The molecule has 1 fully saturated rings. The first-order valence-electron chi connectivity index (χ1n) is 7.57. The summed E-state index contributed by atoms with van der Waals surface area (Å²) in [5, 5.41) is 2.89. The molecule has 0 radical (unpaired) electrons. The number of nitrogens with zero attached hydrogens (tertiary/aromatic N) is 1. The zero-order valence-electron chi connectivity index (χ0n) is 13.2. The highest BCUT2D eigenvalue weighted by atomic mass is 32.2. The van der Waals surface area contributed by atoms with Gasteiger partial charge in [-0.05, 0) is 31.2 Å². The molecule has 6 heteroatoms. The minimum atomic E-state index is -0.113. The van der Waals surface area contributed by atoms with Gasteiger partial charge in [0.2, 0.25) is 5.91 Å². The second-order valence-electron chi connectivity index (χ2n) is 5.18.